The van der Waals surface area contributed by atoms with Crippen LogP contribution in [0.1, 0.15) is 21.1 Å². The molecule has 1 aromatic carbocycles. The second kappa shape index (κ2) is 6.07. The number of rotatable bonds is 5. The maximum atomic E-state index is 13.4. The van der Waals surface area contributed by atoms with Crippen molar-refractivity contribution in [2.24, 2.45) is 0 Å². The van der Waals surface area contributed by atoms with Crippen molar-refractivity contribution in [3.63, 3.8) is 0 Å². The van der Waals surface area contributed by atoms with Crippen LogP contribution in [-0.2, 0) is 19.3 Å². The predicted molar refractivity (Wildman–Crippen MR) is 71.4 cm³/mol. The lowest BCUT2D eigenvalue weighted by molar-refractivity contribution is 0.300. The van der Waals surface area contributed by atoms with E-state index >= 15 is 0 Å². The van der Waals surface area contributed by atoms with Gasteiger partial charge in [0.25, 0.3) is 0 Å². The highest BCUT2D eigenvalue weighted by atomic mass is 32.1. The zero-order chi connectivity index (χ0) is 13.0. The van der Waals surface area contributed by atoms with E-state index < -0.39 is 0 Å². The molecule has 2 nitrogen and oxygen atoms in total. The number of aromatic nitrogens is 1. The maximum absolute atomic E-state index is 13.4. The van der Waals surface area contributed by atoms with E-state index in [9.17, 15) is 4.39 Å². The van der Waals surface area contributed by atoms with Crippen LogP contribution in [0.2, 0.25) is 0 Å². The van der Waals surface area contributed by atoms with Crippen LogP contribution in [0.4, 0.5) is 4.39 Å². The van der Waals surface area contributed by atoms with Crippen LogP contribution in [0.5, 0.6) is 0 Å². The van der Waals surface area contributed by atoms with Crippen LogP contribution < -0.4 is 0 Å². The minimum absolute atomic E-state index is 0.149. The molecule has 0 saturated carbocycles. The van der Waals surface area contributed by atoms with Gasteiger partial charge in [0.15, 0.2) is 0 Å². The lowest BCUT2D eigenvalue weighted by Gasteiger charge is -2.00. The van der Waals surface area contributed by atoms with E-state index in [4.69, 9.17) is 5.11 Å². The molecule has 0 fully saturated rings. The van der Waals surface area contributed by atoms with Crippen LogP contribution in [-0.4, -0.2) is 16.7 Å². The normalized spacial score (nSPS) is 10.8. The van der Waals surface area contributed by atoms with Gasteiger partial charge in [-0.05, 0) is 25.0 Å². The van der Waals surface area contributed by atoms with Crippen molar-refractivity contribution in [2.75, 3.05) is 6.61 Å². The molecule has 1 heterocycles. The van der Waals surface area contributed by atoms with Crippen molar-refractivity contribution in [2.45, 2.75) is 26.2 Å². The molecule has 0 aliphatic heterocycles. The summed E-state index contributed by atoms with van der Waals surface area (Å²) in [4.78, 5) is 5.58. The topological polar surface area (TPSA) is 33.1 Å². The first-order chi connectivity index (χ1) is 8.70. The number of benzene rings is 1. The molecule has 18 heavy (non-hydrogen) atoms. The van der Waals surface area contributed by atoms with Gasteiger partial charge in [-0.3, -0.25) is 0 Å². The van der Waals surface area contributed by atoms with E-state index in [2.05, 4.69) is 4.98 Å². The Morgan fingerprint density at radius 3 is 2.72 bits per heavy atom. The van der Waals surface area contributed by atoms with Crippen molar-refractivity contribution < 1.29 is 9.50 Å². The third-order valence-electron chi connectivity index (χ3n) is 2.84. The molecular weight excluding hydrogens is 249 g/mol. The van der Waals surface area contributed by atoms with E-state index in [1.807, 2.05) is 19.1 Å². The summed E-state index contributed by atoms with van der Waals surface area (Å²) in [5, 5.41) is 9.94. The quantitative estimate of drug-likeness (QED) is 0.901. The molecule has 0 aliphatic carbocycles. The highest BCUT2D eigenvalue weighted by Crippen LogP contribution is 2.20. The Morgan fingerprint density at radius 1 is 1.22 bits per heavy atom. The third kappa shape index (κ3) is 3.15. The fourth-order valence-corrected chi connectivity index (χ4v) is 2.93. The van der Waals surface area contributed by atoms with Crippen LogP contribution in [0.3, 0.4) is 0 Å². The Labute approximate surface area is 110 Å². The van der Waals surface area contributed by atoms with Crippen molar-refractivity contribution in [3.05, 3.63) is 51.2 Å². The van der Waals surface area contributed by atoms with E-state index in [0.717, 1.165) is 27.6 Å². The van der Waals surface area contributed by atoms with Gasteiger partial charge in [-0.25, -0.2) is 9.37 Å². The molecule has 2 aromatic rings. The molecule has 1 aromatic heterocycles. The third-order valence-corrected chi connectivity index (χ3v) is 4.12. The summed E-state index contributed by atoms with van der Waals surface area (Å²) >= 11 is 1.62. The highest BCUT2D eigenvalue weighted by molar-refractivity contribution is 7.11. The van der Waals surface area contributed by atoms with Crippen molar-refractivity contribution in [1.29, 1.82) is 0 Å². The van der Waals surface area contributed by atoms with E-state index in [-0.39, 0.29) is 12.4 Å². The number of hydrogen-bond donors (Lipinski definition) is 1. The zero-order valence-corrected chi connectivity index (χ0v) is 11.1. The highest BCUT2D eigenvalue weighted by Gasteiger charge is 2.08. The minimum Gasteiger partial charge on any atom is -0.396 e. The van der Waals surface area contributed by atoms with Gasteiger partial charge in [-0.15, -0.1) is 11.3 Å². The Kier molecular flexibility index (Phi) is 4.44. The van der Waals surface area contributed by atoms with Crippen LogP contribution in [0.15, 0.2) is 24.3 Å². The number of hydrogen-bond acceptors (Lipinski definition) is 3. The lowest BCUT2D eigenvalue weighted by Crippen LogP contribution is -1.94. The van der Waals surface area contributed by atoms with Gasteiger partial charge in [-0.2, -0.15) is 0 Å². The molecule has 0 amide bonds. The molecule has 0 atom stereocenters. The van der Waals surface area contributed by atoms with Gasteiger partial charge < -0.3 is 5.11 Å². The second-order valence-corrected chi connectivity index (χ2v) is 5.35. The van der Waals surface area contributed by atoms with Crippen molar-refractivity contribution in [1.82, 2.24) is 4.98 Å². The van der Waals surface area contributed by atoms with E-state index in [0.29, 0.717) is 12.8 Å². The number of thiazole rings is 1. The molecule has 4 heteroatoms. The fraction of sp³-hybridized carbons (Fsp3) is 0.357. The first-order valence-corrected chi connectivity index (χ1v) is 6.82. The standard InChI is InChI=1S/C14H16FNOS/c1-10-13(8-9-17)18-14(16-10)7-6-11-4-2-3-5-12(11)15/h2-5,17H,6-9H2,1H3. The minimum atomic E-state index is -0.152. The molecule has 0 radical (unpaired) electrons. The molecule has 1 N–H and O–H groups in total. The molecule has 2 rings (SSSR count). The number of aryl methyl sites for hydroxylation is 3. The summed E-state index contributed by atoms with van der Waals surface area (Å²) in [6.07, 6.45) is 2.07. The summed E-state index contributed by atoms with van der Waals surface area (Å²) in [5.41, 5.74) is 1.71. The number of halogens is 1. The monoisotopic (exact) mass is 265 g/mol. The summed E-state index contributed by atoms with van der Waals surface area (Å²) < 4.78 is 13.4. The number of aliphatic hydroxyl groups is 1. The largest absolute Gasteiger partial charge is 0.396 e. The average Bonchev–Trinajstić information content (AvgIpc) is 2.70. The summed E-state index contributed by atoms with van der Waals surface area (Å²) in [5.74, 6) is -0.152. The van der Waals surface area contributed by atoms with Crippen LogP contribution in [0.25, 0.3) is 0 Å². The summed E-state index contributed by atoms with van der Waals surface area (Å²) in [7, 11) is 0. The van der Waals surface area contributed by atoms with Crippen LogP contribution in [0, 0.1) is 12.7 Å². The van der Waals surface area contributed by atoms with Crippen molar-refractivity contribution >= 4 is 11.3 Å². The van der Waals surface area contributed by atoms with Gasteiger partial charge in [0, 0.05) is 24.3 Å². The Bertz CT molecular complexity index is 524. The predicted octanol–water partition coefficient (Wildman–Crippen LogP) is 2.91. The van der Waals surface area contributed by atoms with Gasteiger partial charge in [0.2, 0.25) is 0 Å². The first kappa shape index (κ1) is 13.2. The van der Waals surface area contributed by atoms with Gasteiger partial charge in [-0.1, -0.05) is 18.2 Å². The average molecular weight is 265 g/mol. The Hall–Kier alpha value is -1.26. The second-order valence-electron chi connectivity index (χ2n) is 4.18. The molecule has 0 saturated heterocycles. The lowest BCUT2D eigenvalue weighted by atomic mass is 10.1. The number of nitrogens with zero attached hydrogens (tertiary/aromatic N) is 1. The number of aliphatic hydroxyl groups excluding tert-OH is 1. The zero-order valence-electron chi connectivity index (χ0n) is 10.3. The molecule has 0 spiro atoms. The van der Waals surface area contributed by atoms with E-state index in [1.54, 1.807) is 17.4 Å². The molecule has 0 aliphatic rings. The van der Waals surface area contributed by atoms with Gasteiger partial charge >= 0.3 is 0 Å². The van der Waals surface area contributed by atoms with Gasteiger partial charge in [0.05, 0.1) is 10.7 Å². The van der Waals surface area contributed by atoms with Crippen molar-refractivity contribution in [3.8, 4) is 0 Å². The molecular formula is C14H16FNOS. The first-order valence-electron chi connectivity index (χ1n) is 6.00. The van der Waals surface area contributed by atoms with Gasteiger partial charge in [0.1, 0.15) is 5.82 Å². The molecule has 0 bridgehead atoms. The molecule has 96 valence electrons. The molecule has 0 unspecified atom stereocenters. The smallest absolute Gasteiger partial charge is 0.126 e. The fourth-order valence-electron chi connectivity index (χ4n) is 1.87. The SMILES string of the molecule is Cc1nc(CCc2ccccc2F)sc1CCO. The summed E-state index contributed by atoms with van der Waals surface area (Å²) in [6.45, 7) is 2.10. The Balaban J connectivity index is 2.02. The van der Waals surface area contributed by atoms with Crippen LogP contribution >= 0.6 is 11.3 Å². The maximum Gasteiger partial charge on any atom is 0.126 e. The Morgan fingerprint density at radius 2 is 2.00 bits per heavy atom. The van der Waals surface area contributed by atoms with E-state index in [1.165, 1.54) is 6.07 Å². The summed E-state index contributed by atoms with van der Waals surface area (Å²) in [6, 6.07) is 6.85.